The first kappa shape index (κ1) is 16.1. The van der Waals surface area contributed by atoms with Crippen LogP contribution in [0.3, 0.4) is 0 Å². The molecule has 114 valence electrons. The topological polar surface area (TPSA) is 52.6 Å². The number of hydrogen-bond acceptors (Lipinski definition) is 3. The van der Waals surface area contributed by atoms with Gasteiger partial charge < -0.3 is 15.5 Å². The van der Waals surface area contributed by atoms with E-state index in [9.17, 15) is 0 Å². The predicted octanol–water partition coefficient (Wildman–Crippen LogP) is 2.39. The monoisotopic (exact) mass is 371 g/mol. The van der Waals surface area contributed by atoms with Crippen LogP contribution in [0.15, 0.2) is 34.4 Å². The Hall–Kier alpha value is -1.27. The average Bonchev–Trinajstić information content (AvgIpc) is 2.92. The van der Waals surface area contributed by atoms with E-state index in [1.54, 1.807) is 13.2 Å². The Bertz CT molecular complexity index is 534. The van der Waals surface area contributed by atoms with Crippen molar-refractivity contribution in [1.82, 2.24) is 15.6 Å². The second-order valence-electron chi connectivity index (χ2n) is 4.83. The van der Waals surface area contributed by atoms with Gasteiger partial charge in [-0.25, -0.2) is 4.98 Å². The van der Waals surface area contributed by atoms with Gasteiger partial charge in [0.25, 0.3) is 0 Å². The minimum absolute atomic E-state index is 0.317. The lowest BCUT2D eigenvalue weighted by Crippen LogP contribution is -2.44. The lowest BCUT2D eigenvalue weighted by atomic mass is 10.3. The van der Waals surface area contributed by atoms with Crippen LogP contribution in [0.25, 0.3) is 0 Å². The molecule has 0 bridgehead atoms. The summed E-state index contributed by atoms with van der Waals surface area (Å²) in [5.74, 6) is 1.62. The SMILES string of the molecule is C=C(Br)CNC(=NC)NC1CCN(c2ncccc2Cl)C1. The molecule has 1 fully saturated rings. The van der Waals surface area contributed by atoms with Crippen molar-refractivity contribution >= 4 is 39.3 Å². The molecule has 21 heavy (non-hydrogen) atoms. The highest BCUT2D eigenvalue weighted by Gasteiger charge is 2.25. The molecule has 1 aliphatic rings. The lowest BCUT2D eigenvalue weighted by Gasteiger charge is -2.20. The number of nitrogens with zero attached hydrogens (tertiary/aromatic N) is 3. The number of halogens is 2. The van der Waals surface area contributed by atoms with Gasteiger partial charge >= 0.3 is 0 Å². The zero-order chi connectivity index (χ0) is 15.2. The first-order chi connectivity index (χ1) is 10.1. The molecule has 1 saturated heterocycles. The quantitative estimate of drug-likeness (QED) is 0.629. The Morgan fingerprint density at radius 1 is 1.67 bits per heavy atom. The van der Waals surface area contributed by atoms with Crippen molar-refractivity contribution in [3.05, 3.63) is 34.4 Å². The molecule has 0 radical (unpaired) electrons. The van der Waals surface area contributed by atoms with Crippen LogP contribution in [0.4, 0.5) is 5.82 Å². The maximum Gasteiger partial charge on any atom is 0.191 e. The van der Waals surface area contributed by atoms with Crippen LogP contribution in [-0.4, -0.2) is 43.7 Å². The van der Waals surface area contributed by atoms with Crippen molar-refractivity contribution in [2.75, 3.05) is 31.6 Å². The van der Waals surface area contributed by atoms with Gasteiger partial charge in [0.05, 0.1) is 5.02 Å². The Kier molecular flexibility index (Phi) is 5.87. The number of guanidine groups is 1. The second-order valence-corrected chi connectivity index (χ2v) is 6.36. The molecule has 5 nitrogen and oxygen atoms in total. The maximum atomic E-state index is 6.19. The first-order valence-corrected chi connectivity index (χ1v) is 7.93. The van der Waals surface area contributed by atoms with E-state index in [0.29, 0.717) is 17.6 Å². The van der Waals surface area contributed by atoms with Crippen molar-refractivity contribution in [1.29, 1.82) is 0 Å². The summed E-state index contributed by atoms with van der Waals surface area (Å²) in [4.78, 5) is 10.8. The molecule has 1 aliphatic heterocycles. The van der Waals surface area contributed by atoms with Crippen molar-refractivity contribution in [3.63, 3.8) is 0 Å². The third-order valence-corrected chi connectivity index (χ3v) is 3.81. The maximum absolute atomic E-state index is 6.19. The molecule has 1 aromatic heterocycles. The van der Waals surface area contributed by atoms with E-state index in [1.165, 1.54) is 0 Å². The summed E-state index contributed by atoms with van der Waals surface area (Å²) in [5, 5.41) is 7.29. The van der Waals surface area contributed by atoms with E-state index < -0.39 is 0 Å². The Balaban J connectivity index is 1.90. The fourth-order valence-electron chi connectivity index (χ4n) is 2.25. The third-order valence-electron chi connectivity index (χ3n) is 3.24. The highest BCUT2D eigenvalue weighted by molar-refractivity contribution is 9.11. The summed E-state index contributed by atoms with van der Waals surface area (Å²) in [6.45, 7) is 6.22. The third kappa shape index (κ3) is 4.61. The molecule has 1 atom stereocenters. The highest BCUT2D eigenvalue weighted by Crippen LogP contribution is 2.25. The molecular formula is C14H19BrClN5. The zero-order valence-corrected chi connectivity index (χ0v) is 14.3. The van der Waals surface area contributed by atoms with Crippen LogP contribution >= 0.6 is 27.5 Å². The van der Waals surface area contributed by atoms with Crippen molar-refractivity contribution in [2.45, 2.75) is 12.5 Å². The van der Waals surface area contributed by atoms with Gasteiger partial charge in [-0.2, -0.15) is 0 Å². The standard InChI is InChI=1S/C14H19BrClN5/c1-10(15)8-19-14(17-2)20-11-5-7-21(9-11)13-12(16)4-3-6-18-13/h3-4,6,11H,1,5,7-9H2,2H3,(H2,17,19,20). The van der Waals surface area contributed by atoms with Gasteiger partial charge in [-0.1, -0.05) is 34.1 Å². The largest absolute Gasteiger partial charge is 0.353 e. The smallest absolute Gasteiger partial charge is 0.191 e. The second kappa shape index (κ2) is 7.66. The lowest BCUT2D eigenvalue weighted by molar-refractivity contribution is 0.653. The van der Waals surface area contributed by atoms with Crippen LogP contribution in [0.2, 0.25) is 5.02 Å². The molecule has 2 heterocycles. The molecular weight excluding hydrogens is 354 g/mol. The van der Waals surface area contributed by atoms with Crippen molar-refractivity contribution in [3.8, 4) is 0 Å². The van der Waals surface area contributed by atoms with Crippen LogP contribution in [0.1, 0.15) is 6.42 Å². The zero-order valence-electron chi connectivity index (χ0n) is 11.9. The number of aromatic nitrogens is 1. The first-order valence-electron chi connectivity index (χ1n) is 6.76. The molecule has 2 N–H and O–H groups in total. The molecule has 0 amide bonds. The molecule has 0 saturated carbocycles. The van der Waals surface area contributed by atoms with Gasteiger partial charge in [-0.3, -0.25) is 4.99 Å². The number of rotatable bonds is 4. The highest BCUT2D eigenvalue weighted by atomic mass is 79.9. The van der Waals surface area contributed by atoms with Gasteiger partial charge in [-0.15, -0.1) is 0 Å². The Labute approximate surface area is 138 Å². The number of anilines is 1. The van der Waals surface area contributed by atoms with E-state index in [4.69, 9.17) is 11.6 Å². The predicted molar refractivity (Wildman–Crippen MR) is 92.4 cm³/mol. The van der Waals surface area contributed by atoms with Crippen LogP contribution in [0.5, 0.6) is 0 Å². The number of aliphatic imine (C=N–C) groups is 1. The van der Waals surface area contributed by atoms with Crippen molar-refractivity contribution in [2.24, 2.45) is 4.99 Å². The average molecular weight is 373 g/mol. The van der Waals surface area contributed by atoms with E-state index in [-0.39, 0.29) is 0 Å². The fourth-order valence-corrected chi connectivity index (χ4v) is 2.63. The normalized spacial score (nSPS) is 18.7. The number of hydrogen-bond donors (Lipinski definition) is 2. The van der Waals surface area contributed by atoms with Crippen LogP contribution in [-0.2, 0) is 0 Å². The van der Waals surface area contributed by atoms with Gasteiger partial charge in [-0.05, 0) is 18.6 Å². The Morgan fingerprint density at radius 3 is 3.14 bits per heavy atom. The van der Waals surface area contributed by atoms with Crippen molar-refractivity contribution < 1.29 is 0 Å². The fraction of sp³-hybridized carbons (Fsp3) is 0.429. The summed E-state index contributed by atoms with van der Waals surface area (Å²) in [5.41, 5.74) is 0. The summed E-state index contributed by atoms with van der Waals surface area (Å²) < 4.78 is 0.888. The molecule has 0 aromatic carbocycles. The van der Waals surface area contributed by atoms with E-state index >= 15 is 0 Å². The van der Waals surface area contributed by atoms with Gasteiger partial charge in [0.1, 0.15) is 5.82 Å². The van der Waals surface area contributed by atoms with E-state index in [0.717, 1.165) is 35.8 Å². The van der Waals surface area contributed by atoms with Crippen LogP contribution < -0.4 is 15.5 Å². The molecule has 1 aromatic rings. The number of nitrogens with one attached hydrogen (secondary N) is 2. The molecule has 0 aliphatic carbocycles. The van der Waals surface area contributed by atoms with E-state index in [1.807, 2.05) is 12.1 Å². The van der Waals surface area contributed by atoms with Gasteiger partial charge in [0.15, 0.2) is 5.96 Å². The van der Waals surface area contributed by atoms with Crippen LogP contribution in [0, 0.1) is 0 Å². The Morgan fingerprint density at radius 2 is 2.48 bits per heavy atom. The summed E-state index contributed by atoms with van der Waals surface area (Å²) in [7, 11) is 1.76. The molecule has 0 spiro atoms. The number of pyridine rings is 1. The van der Waals surface area contributed by atoms with Gasteiger partial charge in [0.2, 0.25) is 0 Å². The minimum atomic E-state index is 0.317. The van der Waals surface area contributed by atoms with Gasteiger partial charge in [0, 0.05) is 43.4 Å². The minimum Gasteiger partial charge on any atom is -0.353 e. The molecule has 1 unspecified atom stereocenters. The summed E-state index contributed by atoms with van der Waals surface area (Å²) in [6, 6.07) is 4.03. The van der Waals surface area contributed by atoms with E-state index in [2.05, 4.69) is 48.0 Å². The molecule has 7 heteroatoms. The summed E-state index contributed by atoms with van der Waals surface area (Å²) >= 11 is 9.52. The molecule has 2 rings (SSSR count). The summed E-state index contributed by atoms with van der Waals surface area (Å²) in [6.07, 6.45) is 2.78.